The van der Waals surface area contributed by atoms with E-state index < -0.39 is 0 Å². The Balaban J connectivity index is 2.13. The van der Waals surface area contributed by atoms with Crippen LogP contribution >= 0.6 is 0 Å². The van der Waals surface area contributed by atoms with Gasteiger partial charge in [0.05, 0.1) is 23.9 Å². The Kier molecular flexibility index (Phi) is 3.61. The van der Waals surface area contributed by atoms with Crippen LogP contribution in [-0.4, -0.2) is 29.8 Å². The average molecular weight is 251 g/mol. The molecule has 1 fully saturated rings. The normalized spacial score (nSPS) is 23.3. The van der Waals surface area contributed by atoms with Gasteiger partial charge < -0.3 is 20.5 Å². The Labute approximate surface area is 108 Å². The number of nitrogens with one attached hydrogen (secondary N) is 1. The third-order valence-electron chi connectivity index (χ3n) is 2.89. The molecule has 1 saturated heterocycles. The van der Waals surface area contributed by atoms with E-state index in [0.717, 1.165) is 18.8 Å². The molecule has 1 unspecified atom stereocenters. The molecule has 2 heterocycles. The van der Waals surface area contributed by atoms with Crippen LogP contribution in [0.4, 0.5) is 11.5 Å². The van der Waals surface area contributed by atoms with Crippen LogP contribution in [0.15, 0.2) is 12.1 Å². The number of hydrogen-bond acceptors (Lipinski definition) is 5. The SMILES string of the molecule is CC(C)Oc1nc(NC2(C)CCOC2)ccc1N. The van der Waals surface area contributed by atoms with E-state index in [1.54, 1.807) is 0 Å². The number of hydrogen-bond donors (Lipinski definition) is 2. The Morgan fingerprint density at radius 3 is 2.89 bits per heavy atom. The van der Waals surface area contributed by atoms with Crippen molar-refractivity contribution in [3.8, 4) is 5.88 Å². The summed E-state index contributed by atoms with van der Waals surface area (Å²) in [6.07, 6.45) is 1.03. The summed E-state index contributed by atoms with van der Waals surface area (Å²) in [4.78, 5) is 4.41. The van der Waals surface area contributed by atoms with Crippen molar-refractivity contribution in [2.45, 2.75) is 38.8 Å². The monoisotopic (exact) mass is 251 g/mol. The predicted molar refractivity (Wildman–Crippen MR) is 71.9 cm³/mol. The summed E-state index contributed by atoms with van der Waals surface area (Å²) in [7, 11) is 0. The highest BCUT2D eigenvalue weighted by Gasteiger charge is 2.29. The molecule has 0 bridgehead atoms. The largest absolute Gasteiger partial charge is 0.473 e. The lowest BCUT2D eigenvalue weighted by Crippen LogP contribution is -2.35. The number of anilines is 2. The highest BCUT2D eigenvalue weighted by atomic mass is 16.5. The molecule has 5 heteroatoms. The van der Waals surface area contributed by atoms with Gasteiger partial charge >= 0.3 is 0 Å². The van der Waals surface area contributed by atoms with Crippen molar-refractivity contribution in [3.63, 3.8) is 0 Å². The average Bonchev–Trinajstić information content (AvgIpc) is 2.69. The number of pyridine rings is 1. The minimum atomic E-state index is -0.0573. The summed E-state index contributed by atoms with van der Waals surface area (Å²) in [5.74, 6) is 1.25. The molecule has 5 nitrogen and oxygen atoms in total. The smallest absolute Gasteiger partial charge is 0.239 e. The van der Waals surface area contributed by atoms with E-state index >= 15 is 0 Å². The van der Waals surface area contributed by atoms with Crippen molar-refractivity contribution in [1.29, 1.82) is 0 Å². The first-order valence-corrected chi connectivity index (χ1v) is 6.28. The topological polar surface area (TPSA) is 69.4 Å². The standard InChI is InChI=1S/C13H21N3O2/c1-9(2)18-12-10(14)4-5-11(15-12)16-13(3)6-7-17-8-13/h4-5,9H,6-8,14H2,1-3H3,(H,15,16). The van der Waals surface area contributed by atoms with E-state index in [9.17, 15) is 0 Å². The summed E-state index contributed by atoms with van der Waals surface area (Å²) in [5.41, 5.74) is 6.34. The molecule has 18 heavy (non-hydrogen) atoms. The minimum absolute atomic E-state index is 0.0560. The quantitative estimate of drug-likeness (QED) is 0.857. The van der Waals surface area contributed by atoms with Crippen molar-refractivity contribution < 1.29 is 9.47 Å². The third kappa shape index (κ3) is 3.04. The molecule has 0 saturated carbocycles. The second-order valence-electron chi connectivity index (χ2n) is 5.25. The number of rotatable bonds is 4. The number of nitrogens with two attached hydrogens (primary N) is 1. The van der Waals surface area contributed by atoms with E-state index in [2.05, 4.69) is 17.2 Å². The molecule has 1 aromatic rings. The van der Waals surface area contributed by atoms with Gasteiger partial charge in [0, 0.05) is 6.61 Å². The second-order valence-corrected chi connectivity index (χ2v) is 5.25. The Bertz CT molecular complexity index is 415. The van der Waals surface area contributed by atoms with Gasteiger partial charge in [-0.15, -0.1) is 0 Å². The summed E-state index contributed by atoms with van der Waals surface area (Å²) in [6.45, 7) is 7.51. The fourth-order valence-electron chi connectivity index (χ4n) is 1.91. The molecule has 0 aromatic carbocycles. The maximum absolute atomic E-state index is 5.84. The van der Waals surface area contributed by atoms with Gasteiger partial charge in [-0.25, -0.2) is 0 Å². The Morgan fingerprint density at radius 1 is 1.50 bits per heavy atom. The molecule has 1 aliphatic heterocycles. The van der Waals surface area contributed by atoms with Crippen LogP contribution in [0.25, 0.3) is 0 Å². The van der Waals surface area contributed by atoms with Crippen molar-refractivity contribution in [2.75, 3.05) is 24.3 Å². The summed E-state index contributed by atoms with van der Waals surface area (Å²) in [5, 5.41) is 3.39. The second kappa shape index (κ2) is 5.02. The van der Waals surface area contributed by atoms with E-state index in [4.69, 9.17) is 15.2 Å². The number of nitrogen functional groups attached to an aromatic ring is 1. The van der Waals surface area contributed by atoms with E-state index in [-0.39, 0.29) is 11.6 Å². The first-order valence-electron chi connectivity index (χ1n) is 6.28. The summed E-state index contributed by atoms with van der Waals surface area (Å²) < 4.78 is 11.0. The van der Waals surface area contributed by atoms with Gasteiger partial charge in [0.1, 0.15) is 5.82 Å². The molecule has 0 radical (unpaired) electrons. The third-order valence-corrected chi connectivity index (χ3v) is 2.89. The molecule has 1 atom stereocenters. The molecule has 1 aliphatic rings. The van der Waals surface area contributed by atoms with Crippen molar-refractivity contribution >= 4 is 11.5 Å². The van der Waals surface area contributed by atoms with Crippen molar-refractivity contribution in [3.05, 3.63) is 12.1 Å². The Morgan fingerprint density at radius 2 is 2.28 bits per heavy atom. The zero-order chi connectivity index (χ0) is 13.2. The van der Waals surface area contributed by atoms with Gasteiger partial charge in [-0.05, 0) is 39.3 Å². The van der Waals surface area contributed by atoms with Crippen molar-refractivity contribution in [2.24, 2.45) is 0 Å². The zero-order valence-electron chi connectivity index (χ0n) is 11.2. The lowest BCUT2D eigenvalue weighted by atomic mass is 10.0. The van der Waals surface area contributed by atoms with E-state index in [0.29, 0.717) is 18.2 Å². The number of ether oxygens (including phenoxy) is 2. The van der Waals surface area contributed by atoms with Crippen molar-refractivity contribution in [1.82, 2.24) is 4.98 Å². The molecule has 0 aliphatic carbocycles. The lowest BCUT2D eigenvalue weighted by Gasteiger charge is -2.24. The molecule has 0 spiro atoms. The first-order chi connectivity index (χ1) is 8.48. The summed E-state index contributed by atoms with van der Waals surface area (Å²) in [6, 6.07) is 3.68. The zero-order valence-corrected chi connectivity index (χ0v) is 11.2. The fourth-order valence-corrected chi connectivity index (χ4v) is 1.91. The van der Waals surface area contributed by atoms with Gasteiger partial charge in [0.15, 0.2) is 0 Å². The molecule has 0 amide bonds. The molecule has 2 rings (SSSR count). The van der Waals surface area contributed by atoms with Crippen LogP contribution in [-0.2, 0) is 4.74 Å². The highest BCUT2D eigenvalue weighted by molar-refractivity contribution is 5.54. The molecule has 1 aromatic heterocycles. The maximum atomic E-state index is 5.84. The molecule has 100 valence electrons. The fraction of sp³-hybridized carbons (Fsp3) is 0.615. The number of aromatic nitrogens is 1. The lowest BCUT2D eigenvalue weighted by molar-refractivity contribution is 0.185. The highest BCUT2D eigenvalue weighted by Crippen LogP contribution is 2.26. The minimum Gasteiger partial charge on any atom is -0.473 e. The van der Waals surface area contributed by atoms with Crippen LogP contribution in [0.5, 0.6) is 5.88 Å². The van der Waals surface area contributed by atoms with Crippen LogP contribution < -0.4 is 15.8 Å². The van der Waals surface area contributed by atoms with E-state index in [1.807, 2.05) is 26.0 Å². The summed E-state index contributed by atoms with van der Waals surface area (Å²) >= 11 is 0. The van der Waals surface area contributed by atoms with Gasteiger partial charge in [0.25, 0.3) is 0 Å². The molecule has 3 N–H and O–H groups in total. The Hall–Kier alpha value is -1.49. The predicted octanol–water partition coefficient (Wildman–Crippen LogP) is 2.04. The van der Waals surface area contributed by atoms with Crippen LogP contribution in [0.2, 0.25) is 0 Å². The van der Waals surface area contributed by atoms with Crippen LogP contribution in [0.3, 0.4) is 0 Å². The molecular formula is C13H21N3O2. The maximum Gasteiger partial charge on any atom is 0.239 e. The van der Waals surface area contributed by atoms with Gasteiger partial charge in [-0.1, -0.05) is 0 Å². The van der Waals surface area contributed by atoms with Gasteiger partial charge in [-0.3, -0.25) is 0 Å². The van der Waals surface area contributed by atoms with Gasteiger partial charge in [0.2, 0.25) is 5.88 Å². The van der Waals surface area contributed by atoms with Crippen LogP contribution in [0, 0.1) is 0 Å². The van der Waals surface area contributed by atoms with Crippen LogP contribution in [0.1, 0.15) is 27.2 Å². The molecular weight excluding hydrogens is 230 g/mol. The van der Waals surface area contributed by atoms with E-state index in [1.165, 1.54) is 0 Å². The number of nitrogens with zero attached hydrogens (tertiary/aromatic N) is 1. The van der Waals surface area contributed by atoms with Gasteiger partial charge in [-0.2, -0.15) is 4.98 Å². The first kappa shape index (κ1) is 13.0.